The second-order valence-electron chi connectivity index (χ2n) is 8.45. The highest BCUT2D eigenvalue weighted by Gasteiger charge is 2.57. The molecule has 6 nitrogen and oxygen atoms in total. The molecule has 0 radical (unpaired) electrons. The summed E-state index contributed by atoms with van der Waals surface area (Å²) in [5, 5.41) is 9.87. The van der Waals surface area contributed by atoms with Gasteiger partial charge in [-0.3, -0.25) is 19.3 Å². The molecule has 4 rings (SSSR count). The van der Waals surface area contributed by atoms with Crippen molar-refractivity contribution >= 4 is 17.7 Å². The first kappa shape index (κ1) is 20.8. The van der Waals surface area contributed by atoms with Crippen molar-refractivity contribution in [3.05, 3.63) is 35.4 Å². The van der Waals surface area contributed by atoms with Gasteiger partial charge < -0.3 is 10.0 Å². The van der Waals surface area contributed by atoms with Gasteiger partial charge in [-0.1, -0.05) is 18.2 Å². The topological polar surface area (TPSA) is 77.9 Å². The lowest BCUT2D eigenvalue weighted by Gasteiger charge is -2.34. The molecule has 3 fully saturated rings. The first-order valence-electron chi connectivity index (χ1n) is 10.1. The number of likely N-dealkylation sites (tertiary alicyclic amines) is 2. The molecule has 0 unspecified atom stereocenters. The Bertz CT molecular complexity index is 883. The fourth-order valence-corrected chi connectivity index (χ4v) is 4.48. The minimum atomic E-state index is -4.61. The third kappa shape index (κ3) is 3.71. The van der Waals surface area contributed by atoms with Crippen molar-refractivity contribution in [3.8, 4) is 0 Å². The normalized spacial score (nSPS) is 27.7. The summed E-state index contributed by atoms with van der Waals surface area (Å²) in [6, 6.07) is 4.13. The minimum absolute atomic E-state index is 0.0322. The number of halogens is 3. The van der Waals surface area contributed by atoms with E-state index in [0.717, 1.165) is 17.0 Å². The number of hydrogen-bond donors (Lipinski definition) is 1. The van der Waals surface area contributed by atoms with E-state index in [9.17, 15) is 32.7 Å². The maximum absolute atomic E-state index is 13.4. The average molecular weight is 424 g/mol. The maximum atomic E-state index is 13.4. The summed E-state index contributed by atoms with van der Waals surface area (Å²) in [5.41, 5.74) is -2.55. The van der Waals surface area contributed by atoms with Crippen LogP contribution in [0.3, 0.4) is 0 Å². The van der Waals surface area contributed by atoms with Gasteiger partial charge in [0, 0.05) is 32.0 Å². The van der Waals surface area contributed by atoms with Crippen molar-refractivity contribution < 1.29 is 32.7 Å². The van der Waals surface area contributed by atoms with E-state index in [-0.39, 0.29) is 24.6 Å². The Morgan fingerprint density at radius 3 is 2.57 bits per heavy atom. The molecule has 9 heteroatoms. The van der Waals surface area contributed by atoms with Crippen LogP contribution in [0.25, 0.3) is 0 Å². The first-order valence-corrected chi connectivity index (χ1v) is 10.1. The fraction of sp³-hybridized carbons (Fsp3) is 0.571. The molecule has 2 heterocycles. The molecule has 30 heavy (non-hydrogen) atoms. The van der Waals surface area contributed by atoms with E-state index in [1.807, 2.05) is 0 Å². The van der Waals surface area contributed by atoms with Crippen LogP contribution in [-0.4, -0.2) is 57.9 Å². The molecule has 2 atom stereocenters. The van der Waals surface area contributed by atoms with Crippen LogP contribution in [-0.2, 0) is 26.0 Å². The van der Waals surface area contributed by atoms with Crippen LogP contribution in [0.4, 0.5) is 13.2 Å². The highest BCUT2D eigenvalue weighted by Crippen LogP contribution is 2.45. The number of benzene rings is 1. The molecule has 0 bridgehead atoms. The molecule has 1 aromatic rings. The Morgan fingerprint density at radius 1 is 1.20 bits per heavy atom. The van der Waals surface area contributed by atoms with Crippen molar-refractivity contribution in [2.24, 2.45) is 0 Å². The van der Waals surface area contributed by atoms with Gasteiger partial charge in [-0.25, -0.2) is 0 Å². The molecule has 1 saturated carbocycles. The van der Waals surface area contributed by atoms with E-state index in [0.29, 0.717) is 32.2 Å². The molecule has 2 saturated heterocycles. The summed E-state index contributed by atoms with van der Waals surface area (Å²) >= 11 is 0. The minimum Gasteiger partial charge on any atom is -0.391 e. The number of alkyl halides is 3. The standard InChI is InChI=1S/C21H23F3N2O4/c22-21(23,24)14-4-1-3-13(9-14)20(10-17(28)25-8-2-5-16(27)12-25)11-18(29)26(19(20)30)15-6-7-15/h1,3-4,9,15-16,27H,2,5-8,10-12H2/t16-,20-/m0/s1. The lowest BCUT2D eigenvalue weighted by molar-refractivity contribution is -0.144. The average Bonchev–Trinajstić information content (AvgIpc) is 3.48. The van der Waals surface area contributed by atoms with Crippen molar-refractivity contribution in [1.29, 1.82) is 0 Å². The SMILES string of the molecule is O=C(C[C@@]1(c2cccc(C(F)(F)F)c2)CC(=O)N(C2CC2)C1=O)N1CCC[C@H](O)C1. The van der Waals surface area contributed by atoms with Crippen LogP contribution >= 0.6 is 0 Å². The monoisotopic (exact) mass is 424 g/mol. The summed E-state index contributed by atoms with van der Waals surface area (Å²) in [7, 11) is 0. The van der Waals surface area contributed by atoms with Gasteiger partial charge in [0.25, 0.3) is 0 Å². The number of β-amino-alcohol motifs (C(OH)–C–C–N with tert-alkyl or cyclic N) is 1. The van der Waals surface area contributed by atoms with Crippen molar-refractivity contribution in [1.82, 2.24) is 9.80 Å². The third-order valence-corrected chi connectivity index (χ3v) is 6.21. The van der Waals surface area contributed by atoms with E-state index in [1.54, 1.807) is 0 Å². The molecule has 0 spiro atoms. The van der Waals surface area contributed by atoms with E-state index in [4.69, 9.17) is 0 Å². The molecule has 1 aliphatic carbocycles. The predicted octanol–water partition coefficient (Wildman–Crippen LogP) is 2.24. The van der Waals surface area contributed by atoms with Gasteiger partial charge in [0.15, 0.2) is 0 Å². The maximum Gasteiger partial charge on any atom is 0.416 e. The molecule has 3 amide bonds. The van der Waals surface area contributed by atoms with Gasteiger partial charge in [0.2, 0.25) is 17.7 Å². The molecule has 3 aliphatic rings. The number of amides is 3. The fourth-order valence-electron chi connectivity index (χ4n) is 4.48. The third-order valence-electron chi connectivity index (χ3n) is 6.21. The van der Waals surface area contributed by atoms with Crippen LogP contribution in [0, 0.1) is 0 Å². The summed E-state index contributed by atoms with van der Waals surface area (Å²) in [6.07, 6.45) is -3.50. The predicted molar refractivity (Wildman–Crippen MR) is 99.1 cm³/mol. The van der Waals surface area contributed by atoms with Crippen LogP contribution in [0.2, 0.25) is 0 Å². The van der Waals surface area contributed by atoms with E-state index >= 15 is 0 Å². The summed E-state index contributed by atoms with van der Waals surface area (Å²) < 4.78 is 39.9. The van der Waals surface area contributed by atoms with Crippen LogP contribution in [0.15, 0.2) is 24.3 Å². The number of hydrogen-bond acceptors (Lipinski definition) is 4. The Hall–Kier alpha value is -2.42. The van der Waals surface area contributed by atoms with Crippen molar-refractivity contribution in [2.45, 2.75) is 62.3 Å². The number of aliphatic hydroxyl groups excluding tert-OH is 1. The number of piperidine rings is 1. The number of rotatable bonds is 4. The molecule has 1 aromatic carbocycles. The lowest BCUT2D eigenvalue weighted by atomic mass is 9.75. The van der Waals surface area contributed by atoms with Crippen LogP contribution in [0.5, 0.6) is 0 Å². The molecule has 2 aliphatic heterocycles. The Labute approximate surface area is 171 Å². The highest BCUT2D eigenvalue weighted by molar-refractivity contribution is 6.11. The van der Waals surface area contributed by atoms with Crippen molar-refractivity contribution in [2.75, 3.05) is 13.1 Å². The van der Waals surface area contributed by atoms with Gasteiger partial charge in [0.05, 0.1) is 17.1 Å². The highest BCUT2D eigenvalue weighted by atomic mass is 19.4. The largest absolute Gasteiger partial charge is 0.416 e. The number of aliphatic hydroxyl groups is 1. The molecular formula is C21H23F3N2O4. The first-order chi connectivity index (χ1) is 14.1. The van der Waals surface area contributed by atoms with Gasteiger partial charge in [0.1, 0.15) is 0 Å². The number of carbonyl (C=O) groups is 3. The van der Waals surface area contributed by atoms with Gasteiger partial charge in [-0.15, -0.1) is 0 Å². The smallest absolute Gasteiger partial charge is 0.391 e. The van der Waals surface area contributed by atoms with E-state index in [2.05, 4.69) is 0 Å². The lowest BCUT2D eigenvalue weighted by Crippen LogP contribution is -2.47. The van der Waals surface area contributed by atoms with E-state index in [1.165, 1.54) is 17.0 Å². The molecule has 162 valence electrons. The van der Waals surface area contributed by atoms with Gasteiger partial charge >= 0.3 is 6.18 Å². The molecular weight excluding hydrogens is 401 g/mol. The Balaban J connectivity index is 1.72. The Kier molecular flexibility index (Phi) is 5.12. The van der Waals surface area contributed by atoms with Gasteiger partial charge in [-0.05, 0) is 37.3 Å². The zero-order chi connectivity index (χ0) is 21.7. The quantitative estimate of drug-likeness (QED) is 0.752. The number of imide groups is 1. The second kappa shape index (κ2) is 7.37. The number of carbonyl (C=O) groups excluding carboxylic acids is 3. The van der Waals surface area contributed by atoms with E-state index < -0.39 is 47.4 Å². The summed E-state index contributed by atoms with van der Waals surface area (Å²) in [4.78, 5) is 41.6. The van der Waals surface area contributed by atoms with Crippen LogP contribution in [0.1, 0.15) is 49.7 Å². The van der Waals surface area contributed by atoms with Gasteiger partial charge in [-0.2, -0.15) is 13.2 Å². The molecule has 1 N–H and O–H groups in total. The summed E-state index contributed by atoms with van der Waals surface area (Å²) in [6.45, 7) is 0.523. The van der Waals surface area contributed by atoms with Crippen molar-refractivity contribution in [3.63, 3.8) is 0 Å². The second-order valence-corrected chi connectivity index (χ2v) is 8.45. The zero-order valence-electron chi connectivity index (χ0n) is 16.3. The summed E-state index contributed by atoms with van der Waals surface area (Å²) in [5.74, 6) is -1.49. The molecule has 0 aromatic heterocycles. The number of nitrogens with zero attached hydrogens (tertiary/aromatic N) is 2. The van der Waals surface area contributed by atoms with Crippen LogP contribution < -0.4 is 0 Å². The Morgan fingerprint density at radius 2 is 1.93 bits per heavy atom. The zero-order valence-corrected chi connectivity index (χ0v) is 16.3.